The number of ether oxygens (including phenoxy) is 4. The molecule has 584 valence electrons. The van der Waals surface area contributed by atoms with E-state index in [1.807, 2.05) is 72.4 Å². The van der Waals surface area contributed by atoms with E-state index in [2.05, 4.69) is 138 Å². The van der Waals surface area contributed by atoms with Gasteiger partial charge in [-0.1, -0.05) is 33.1 Å². The molecule has 0 bridgehead atoms. The van der Waals surface area contributed by atoms with Crippen molar-refractivity contribution < 1.29 is 32.9 Å². The average molecular weight is 1640 g/mol. The number of rotatable bonds is 30. The number of aromatic amines is 3. The Balaban J connectivity index is 0.000000123. The minimum Gasteiger partial charge on any atom is -0.467 e. The van der Waals surface area contributed by atoms with Gasteiger partial charge < -0.3 is 79.0 Å². The normalized spacial score (nSPS) is 12.5. The molecule has 112 heavy (non-hydrogen) atoms. The molecule has 15 aromatic rings. The Bertz CT molecular complexity index is 5440. The first kappa shape index (κ1) is 79.0. The number of unbranched alkanes of at least 4 members (excludes halogenated alkanes) is 1. The minimum atomic E-state index is -0.0648. The van der Waals surface area contributed by atoms with Crippen LogP contribution in [0.3, 0.4) is 0 Å². The molecular weight excluding hydrogens is 1570 g/mol. The third-order valence-corrected chi connectivity index (χ3v) is 18.8. The molecule has 35 nitrogen and oxygen atoms in total. The van der Waals surface area contributed by atoms with Crippen LogP contribution in [0.2, 0.25) is 26.4 Å². The van der Waals surface area contributed by atoms with Crippen molar-refractivity contribution in [3.63, 3.8) is 0 Å². The largest absolute Gasteiger partial charge is 0.467 e. The highest BCUT2D eigenvalue weighted by atomic mass is 35.5. The molecule has 2 aliphatic carbocycles. The number of nitrogens with zero attached hydrogens (tertiary/aromatic N) is 20. The SMILES string of the molecule is CCCCOc1nc2nc(Cl)nc(NCc3ccncc3)c2[nH]1.CCCOc1nc2c(NCc3ccco3)nc(Cl)nc2n1CCO.Clc1nc(NCc2ccco2)c2[nH]c(OCC3CCC3)nc2n1.Clc1nc(NCc2ccncc2)c2[nH]c(OCC3CCC3)nc2n1.Cn1cnc2nc(Cl)nc(NCc3nccs3)c21. The van der Waals surface area contributed by atoms with Crippen molar-refractivity contribution in [2.24, 2.45) is 18.9 Å². The molecule has 0 aromatic carbocycles. The molecule has 0 spiro atoms. The number of H-pyrrole nitrogens is 3. The summed E-state index contributed by atoms with van der Waals surface area (Å²) in [7, 11) is 1.89. The number of thiazole rings is 1. The summed E-state index contributed by atoms with van der Waals surface area (Å²) in [5.74, 6) is 5.75. The number of aryl methyl sites for hydroxylation is 1. The van der Waals surface area contributed by atoms with E-state index in [0.717, 1.165) is 52.4 Å². The van der Waals surface area contributed by atoms with Crippen LogP contribution < -0.4 is 45.5 Å². The zero-order chi connectivity index (χ0) is 77.6. The molecular formula is C71H77Cl5N28O7S. The first-order valence-corrected chi connectivity index (χ1v) is 38.7. The highest BCUT2D eigenvalue weighted by Gasteiger charge is 2.24. The summed E-state index contributed by atoms with van der Waals surface area (Å²) in [6.07, 6.45) is 24.0. The van der Waals surface area contributed by atoms with E-state index in [4.69, 9.17) is 85.8 Å². The lowest BCUT2D eigenvalue weighted by Gasteiger charge is -2.24. The number of furan rings is 2. The Labute approximate surface area is 668 Å². The number of imidazole rings is 5. The van der Waals surface area contributed by atoms with E-state index in [0.29, 0.717) is 181 Å². The van der Waals surface area contributed by atoms with Crippen molar-refractivity contribution in [1.82, 2.24) is 114 Å². The molecule has 0 amide bonds. The summed E-state index contributed by atoms with van der Waals surface area (Å²) >= 11 is 31.4. The number of fused-ring (bicyclic) bond motifs is 5. The van der Waals surface area contributed by atoms with Gasteiger partial charge in [0.15, 0.2) is 62.8 Å². The number of halogens is 5. The van der Waals surface area contributed by atoms with Gasteiger partial charge in [-0.2, -0.15) is 69.8 Å². The molecule has 15 aromatic heterocycles. The molecule has 2 aliphatic rings. The maximum Gasteiger partial charge on any atom is 0.298 e. The lowest BCUT2D eigenvalue weighted by atomic mass is 9.86. The summed E-state index contributed by atoms with van der Waals surface area (Å²) in [5, 5.41) is 28.9. The van der Waals surface area contributed by atoms with Crippen LogP contribution in [0.15, 0.2) is 113 Å². The average Bonchev–Trinajstić information content (AvgIpc) is 1.66. The monoisotopic (exact) mass is 1640 g/mol. The van der Waals surface area contributed by atoms with E-state index in [-0.39, 0.29) is 33.0 Å². The number of anilines is 5. The van der Waals surface area contributed by atoms with Crippen LogP contribution in [0, 0.1) is 11.8 Å². The quantitative estimate of drug-likeness (QED) is 0.0149. The number of pyridine rings is 2. The van der Waals surface area contributed by atoms with Crippen molar-refractivity contribution >= 4 is 154 Å². The van der Waals surface area contributed by atoms with Gasteiger partial charge in [0.2, 0.25) is 26.4 Å². The van der Waals surface area contributed by atoms with Crippen molar-refractivity contribution in [3.8, 4) is 24.0 Å². The second-order valence-corrected chi connectivity index (χ2v) is 27.9. The van der Waals surface area contributed by atoms with Crippen molar-refractivity contribution in [1.29, 1.82) is 0 Å². The third kappa shape index (κ3) is 21.5. The standard InChI is InChI=1S/C16H17ClN6O.C15H17ClN6O.C15H18ClN5O3.C15H16ClN5O2.C10H9ClN6S/c17-15-21-13(19-8-10-4-6-18-7-5-10)12-14(22-15)23-16(20-12)24-9-11-2-1-3-11;1-2-3-8-23-15-19-11-12(20-14(16)21-13(11)22-15)18-9-10-4-6-17-7-5-10;1-2-7-24-15-18-11-12(17-9-10-4-3-8-23-10)19-14(16)20-13(11)21(15)5-6-22;16-14-19-12(17-7-10-5-2-6-22-10)11-13(20-14)21-15(18-11)23-8-9-3-1-4-9;1-17-5-14-9-7(17)8(15-10(11)16-9)13-4-6-12-2-3-18-6/h4-7,11H,1-3,8-9H2,(H2,19,20,21,22,23);4-7H,2-3,8-9H2,1H3,(H2,18,19,20,21,22);3-4,8,22H,2,5-7,9H2,1H3,(H,17,19,20);2,5-6,9H,1,3-4,7-8H2,(H2,17,18,19,20,21);2-3,5H,4H2,1H3,(H,13,15,16). The molecule has 17 rings (SSSR count). The summed E-state index contributed by atoms with van der Waals surface area (Å²) in [6.45, 7) is 9.56. The summed E-state index contributed by atoms with van der Waals surface area (Å²) in [6, 6.07) is 16.8. The van der Waals surface area contributed by atoms with Crippen molar-refractivity contribution in [2.45, 2.75) is 111 Å². The van der Waals surface area contributed by atoms with E-state index in [1.54, 1.807) is 65.7 Å². The highest BCUT2D eigenvalue weighted by molar-refractivity contribution is 7.09. The lowest BCUT2D eigenvalue weighted by Crippen LogP contribution is -2.19. The maximum absolute atomic E-state index is 9.31. The summed E-state index contributed by atoms with van der Waals surface area (Å²) in [5.41, 5.74) is 8.13. The van der Waals surface area contributed by atoms with E-state index in [1.165, 1.54) is 38.5 Å². The van der Waals surface area contributed by atoms with Crippen LogP contribution in [-0.2, 0) is 46.3 Å². The number of aliphatic hydroxyl groups is 1. The van der Waals surface area contributed by atoms with Gasteiger partial charge >= 0.3 is 0 Å². The number of hydrogen-bond acceptors (Lipinski definition) is 31. The molecule has 0 unspecified atom stereocenters. The number of nitrogens with one attached hydrogen (secondary N) is 8. The number of aromatic nitrogens is 23. The van der Waals surface area contributed by atoms with Crippen LogP contribution in [-0.4, -0.2) is 152 Å². The van der Waals surface area contributed by atoms with Gasteiger partial charge in [0.05, 0.1) is 78.1 Å². The topological polar surface area (TPSA) is 433 Å². The Hall–Kier alpha value is -11.2. The smallest absolute Gasteiger partial charge is 0.298 e. The zero-order valence-electron chi connectivity index (χ0n) is 60.8. The van der Waals surface area contributed by atoms with Gasteiger partial charge in [-0.15, -0.1) is 11.3 Å². The zero-order valence-corrected chi connectivity index (χ0v) is 65.3. The predicted molar refractivity (Wildman–Crippen MR) is 425 cm³/mol. The Morgan fingerprint density at radius 3 is 1.46 bits per heavy atom. The first-order valence-electron chi connectivity index (χ1n) is 35.9. The van der Waals surface area contributed by atoms with Crippen molar-refractivity contribution in [2.75, 3.05) is 59.6 Å². The molecule has 2 fully saturated rings. The fraction of sp³-hybridized carbons (Fsp3) is 0.352. The number of hydrogen-bond donors (Lipinski definition) is 9. The van der Waals surface area contributed by atoms with Gasteiger partial charge in [0.25, 0.3) is 24.0 Å². The fourth-order valence-electron chi connectivity index (χ4n) is 11.0. The number of aliphatic hydroxyl groups excluding tert-OH is 1. The molecule has 2 saturated carbocycles. The summed E-state index contributed by atoms with van der Waals surface area (Å²) in [4.78, 5) is 85.0. The Morgan fingerprint density at radius 1 is 0.509 bits per heavy atom. The van der Waals surface area contributed by atoms with Crippen LogP contribution in [0.25, 0.3) is 55.8 Å². The molecule has 15 heterocycles. The Morgan fingerprint density at radius 2 is 0.991 bits per heavy atom. The Kier molecular flexibility index (Phi) is 27.6. The molecule has 0 aliphatic heterocycles. The van der Waals surface area contributed by atoms with E-state index >= 15 is 0 Å². The summed E-state index contributed by atoms with van der Waals surface area (Å²) < 4.78 is 36.8. The van der Waals surface area contributed by atoms with E-state index < -0.39 is 0 Å². The van der Waals surface area contributed by atoms with Crippen LogP contribution in [0.4, 0.5) is 29.1 Å². The predicted octanol–water partition coefficient (Wildman–Crippen LogP) is 14.3. The lowest BCUT2D eigenvalue weighted by molar-refractivity contribution is 0.171. The van der Waals surface area contributed by atoms with Crippen LogP contribution in [0.5, 0.6) is 24.0 Å². The van der Waals surface area contributed by atoms with Crippen LogP contribution in [0.1, 0.15) is 99.3 Å². The third-order valence-electron chi connectivity index (χ3n) is 17.2. The molecule has 0 saturated heterocycles. The van der Waals surface area contributed by atoms with Gasteiger partial charge in [-0.25, -0.2) is 9.97 Å². The molecule has 41 heteroatoms. The minimum absolute atomic E-state index is 0.0648. The van der Waals surface area contributed by atoms with E-state index in [9.17, 15) is 5.11 Å². The second-order valence-electron chi connectivity index (χ2n) is 25.2. The van der Waals surface area contributed by atoms with Gasteiger partial charge in [-0.3, -0.25) is 14.5 Å². The van der Waals surface area contributed by atoms with Crippen LogP contribution >= 0.6 is 69.3 Å². The van der Waals surface area contributed by atoms with Gasteiger partial charge in [-0.05, 0) is 168 Å². The maximum atomic E-state index is 9.31. The molecule has 0 atom stereocenters. The molecule has 0 radical (unpaired) electrons. The van der Waals surface area contributed by atoms with Gasteiger partial charge in [0.1, 0.15) is 38.6 Å². The second kappa shape index (κ2) is 39.2. The fourth-order valence-corrected chi connectivity index (χ4v) is 12.4. The van der Waals surface area contributed by atoms with Crippen molar-refractivity contribution in [3.05, 3.63) is 158 Å². The molecule has 9 N–H and O–H groups in total. The highest BCUT2D eigenvalue weighted by Crippen LogP contribution is 2.33. The first-order chi connectivity index (χ1) is 54.8. The van der Waals surface area contributed by atoms with Gasteiger partial charge in [0, 0.05) is 56.5 Å².